The summed E-state index contributed by atoms with van der Waals surface area (Å²) in [4.78, 5) is 44.8. The van der Waals surface area contributed by atoms with Crippen LogP contribution in [-0.2, 0) is 20.9 Å². The number of rotatable bonds is 7. The Balaban J connectivity index is 1.46. The van der Waals surface area contributed by atoms with Gasteiger partial charge in [-0.1, -0.05) is 91.0 Å². The van der Waals surface area contributed by atoms with Crippen molar-refractivity contribution in [2.24, 2.45) is 0 Å². The number of carbonyl (C=O) groups is 3. The molecule has 8 heteroatoms. The van der Waals surface area contributed by atoms with Crippen LogP contribution in [0.15, 0.2) is 91.0 Å². The number of hydrogen-bond donors (Lipinski definition) is 0. The minimum absolute atomic E-state index is 0.0289. The maximum Gasteiger partial charge on any atom is 0.420 e. The van der Waals surface area contributed by atoms with Crippen LogP contribution in [0.25, 0.3) is 0 Å². The zero-order valence-corrected chi connectivity index (χ0v) is 24.2. The second-order valence-corrected chi connectivity index (χ2v) is 11.2. The van der Waals surface area contributed by atoms with Gasteiger partial charge in [0.25, 0.3) is 0 Å². The molecule has 0 bridgehead atoms. The first-order chi connectivity index (χ1) is 19.6. The molecule has 1 aliphatic rings. The predicted molar refractivity (Wildman–Crippen MR) is 157 cm³/mol. The Morgan fingerprint density at radius 2 is 1.24 bits per heavy atom. The van der Waals surface area contributed by atoms with Gasteiger partial charge in [0.15, 0.2) is 0 Å². The van der Waals surface area contributed by atoms with E-state index in [1.54, 1.807) is 32.6 Å². The average molecular weight is 558 g/mol. The third-order valence-electron chi connectivity index (χ3n) is 6.96. The highest BCUT2D eigenvalue weighted by Gasteiger charge is 2.39. The molecule has 0 unspecified atom stereocenters. The first-order valence-electron chi connectivity index (χ1n) is 14.0. The van der Waals surface area contributed by atoms with Gasteiger partial charge < -0.3 is 14.4 Å². The molecule has 1 atom stereocenters. The van der Waals surface area contributed by atoms with E-state index in [1.807, 2.05) is 66.7 Å². The highest BCUT2D eigenvalue weighted by atomic mass is 16.6. The highest BCUT2D eigenvalue weighted by Crippen LogP contribution is 2.29. The predicted octanol–water partition coefficient (Wildman–Crippen LogP) is 5.88. The van der Waals surface area contributed by atoms with E-state index in [2.05, 4.69) is 29.2 Å². The number of piperazine rings is 1. The third kappa shape index (κ3) is 7.95. The summed E-state index contributed by atoms with van der Waals surface area (Å²) in [6, 6.07) is 28.8. The lowest BCUT2D eigenvalue weighted by atomic mass is 9.96. The Hall–Kier alpha value is -4.17. The molecule has 0 saturated carbocycles. The van der Waals surface area contributed by atoms with Gasteiger partial charge in [-0.25, -0.2) is 9.59 Å². The van der Waals surface area contributed by atoms with E-state index in [0.29, 0.717) is 26.2 Å². The van der Waals surface area contributed by atoms with Crippen molar-refractivity contribution in [1.82, 2.24) is 14.7 Å². The van der Waals surface area contributed by atoms with Crippen molar-refractivity contribution >= 4 is 18.1 Å². The van der Waals surface area contributed by atoms with Crippen molar-refractivity contribution in [3.63, 3.8) is 0 Å². The Morgan fingerprint density at radius 3 is 1.73 bits per heavy atom. The Kier molecular flexibility index (Phi) is 9.78. The molecule has 1 fully saturated rings. The molecular weight excluding hydrogens is 518 g/mol. The van der Waals surface area contributed by atoms with Crippen LogP contribution in [0.5, 0.6) is 0 Å². The lowest BCUT2D eigenvalue weighted by Gasteiger charge is -2.41. The van der Waals surface area contributed by atoms with Gasteiger partial charge in [-0.05, 0) is 44.4 Å². The van der Waals surface area contributed by atoms with Crippen LogP contribution < -0.4 is 0 Å². The summed E-state index contributed by atoms with van der Waals surface area (Å²) in [5.41, 5.74) is 2.28. The number of amides is 3. The van der Waals surface area contributed by atoms with Gasteiger partial charge >= 0.3 is 12.2 Å². The van der Waals surface area contributed by atoms with Crippen molar-refractivity contribution in [2.45, 2.75) is 52.0 Å². The van der Waals surface area contributed by atoms with E-state index in [-0.39, 0.29) is 18.6 Å². The number of imide groups is 1. The summed E-state index contributed by atoms with van der Waals surface area (Å²) in [5, 5.41) is 0. The van der Waals surface area contributed by atoms with E-state index < -0.39 is 23.8 Å². The molecule has 4 rings (SSSR count). The first-order valence-corrected chi connectivity index (χ1v) is 14.0. The summed E-state index contributed by atoms with van der Waals surface area (Å²) in [6.07, 6.45) is -1.83. The van der Waals surface area contributed by atoms with E-state index in [1.165, 1.54) is 11.1 Å². The summed E-state index contributed by atoms with van der Waals surface area (Å²) < 4.78 is 10.9. The number of carbonyl (C=O) groups excluding carboxylic acids is 3. The molecule has 0 aliphatic carbocycles. The Bertz CT molecular complexity index is 1250. The zero-order valence-electron chi connectivity index (χ0n) is 24.2. The molecule has 0 N–H and O–H groups in total. The summed E-state index contributed by atoms with van der Waals surface area (Å²) in [7, 11) is 0. The summed E-state index contributed by atoms with van der Waals surface area (Å²) in [5.74, 6) is -0.330. The van der Waals surface area contributed by atoms with Crippen molar-refractivity contribution in [1.29, 1.82) is 0 Å². The van der Waals surface area contributed by atoms with Gasteiger partial charge in [-0.2, -0.15) is 4.90 Å². The van der Waals surface area contributed by atoms with Crippen molar-refractivity contribution in [3.8, 4) is 0 Å². The minimum Gasteiger partial charge on any atom is -0.444 e. The fourth-order valence-electron chi connectivity index (χ4n) is 4.95. The van der Waals surface area contributed by atoms with Crippen LogP contribution in [0.1, 0.15) is 50.4 Å². The number of nitrogens with zero attached hydrogens (tertiary/aromatic N) is 3. The minimum atomic E-state index is -1.10. The van der Waals surface area contributed by atoms with E-state index in [4.69, 9.17) is 9.47 Å². The van der Waals surface area contributed by atoms with E-state index in [9.17, 15) is 14.4 Å². The molecule has 3 amide bonds. The lowest BCUT2D eigenvalue weighted by Crippen LogP contribution is -2.57. The molecule has 1 saturated heterocycles. The molecule has 3 aromatic carbocycles. The van der Waals surface area contributed by atoms with Crippen molar-refractivity contribution in [3.05, 3.63) is 108 Å². The first kappa shape index (κ1) is 29.8. The molecule has 216 valence electrons. The number of ether oxygens (including phenoxy) is 2. The molecular formula is C33H39N3O5. The maximum absolute atomic E-state index is 13.7. The normalized spacial score (nSPS) is 14.8. The average Bonchev–Trinajstić information content (AvgIpc) is 2.97. The second-order valence-electron chi connectivity index (χ2n) is 11.2. The van der Waals surface area contributed by atoms with Gasteiger partial charge in [0.05, 0.1) is 6.04 Å². The van der Waals surface area contributed by atoms with Gasteiger partial charge in [0.1, 0.15) is 18.2 Å². The van der Waals surface area contributed by atoms with E-state index in [0.717, 1.165) is 10.5 Å². The molecule has 0 spiro atoms. The fraction of sp³-hybridized carbons (Fsp3) is 0.364. The fourth-order valence-corrected chi connectivity index (χ4v) is 4.95. The Labute approximate surface area is 242 Å². The topological polar surface area (TPSA) is 79.4 Å². The third-order valence-corrected chi connectivity index (χ3v) is 6.96. The molecule has 1 aliphatic heterocycles. The molecule has 3 aromatic rings. The number of benzene rings is 3. The maximum atomic E-state index is 13.7. The zero-order chi connectivity index (χ0) is 29.4. The second kappa shape index (κ2) is 13.5. The lowest BCUT2D eigenvalue weighted by molar-refractivity contribution is -0.137. The molecule has 0 radical (unpaired) electrons. The SMILES string of the molecule is C[C@@H](C(=O)N1CCN(C(c2ccccc2)c2ccccc2)CC1)N(C(=O)OCc1ccccc1)C(=O)OC(C)(C)C. The molecule has 1 heterocycles. The van der Waals surface area contributed by atoms with Crippen LogP contribution >= 0.6 is 0 Å². The smallest absolute Gasteiger partial charge is 0.420 e. The highest BCUT2D eigenvalue weighted by molar-refractivity contribution is 5.95. The summed E-state index contributed by atoms with van der Waals surface area (Å²) in [6.45, 7) is 8.83. The summed E-state index contributed by atoms with van der Waals surface area (Å²) >= 11 is 0. The van der Waals surface area contributed by atoms with Gasteiger partial charge in [0.2, 0.25) is 5.91 Å². The molecule has 8 nitrogen and oxygen atoms in total. The largest absolute Gasteiger partial charge is 0.444 e. The van der Waals surface area contributed by atoms with Crippen LogP contribution in [0.2, 0.25) is 0 Å². The van der Waals surface area contributed by atoms with Crippen LogP contribution in [-0.4, -0.2) is 70.6 Å². The monoisotopic (exact) mass is 557 g/mol. The van der Waals surface area contributed by atoms with Crippen LogP contribution in [0, 0.1) is 0 Å². The quantitative estimate of drug-likeness (QED) is 0.361. The van der Waals surface area contributed by atoms with Crippen LogP contribution in [0.3, 0.4) is 0 Å². The molecule has 41 heavy (non-hydrogen) atoms. The number of hydrogen-bond acceptors (Lipinski definition) is 6. The van der Waals surface area contributed by atoms with Crippen molar-refractivity contribution in [2.75, 3.05) is 26.2 Å². The standard InChI is InChI=1S/C33H39N3O5/c1-25(36(32(39)41-33(2,3)4)31(38)40-24-26-14-8-5-9-15-26)30(37)35-22-20-34(21-23-35)29(27-16-10-6-11-17-27)28-18-12-7-13-19-28/h5-19,25,29H,20-24H2,1-4H3/t25-/m0/s1. The van der Waals surface area contributed by atoms with Gasteiger partial charge in [-0.15, -0.1) is 0 Å². The molecule has 0 aromatic heterocycles. The Morgan fingerprint density at radius 1 is 0.756 bits per heavy atom. The van der Waals surface area contributed by atoms with Gasteiger partial charge in [0, 0.05) is 26.2 Å². The van der Waals surface area contributed by atoms with Crippen LogP contribution in [0.4, 0.5) is 9.59 Å². The van der Waals surface area contributed by atoms with E-state index >= 15 is 0 Å². The van der Waals surface area contributed by atoms with Crippen molar-refractivity contribution < 1.29 is 23.9 Å². The van der Waals surface area contributed by atoms with Gasteiger partial charge in [-0.3, -0.25) is 9.69 Å².